The fraction of sp³-hybridized carbons (Fsp3) is 0.409. The highest BCUT2D eigenvalue weighted by Gasteiger charge is 2.20. The summed E-state index contributed by atoms with van der Waals surface area (Å²) in [6, 6.07) is 13.0. The van der Waals surface area contributed by atoms with E-state index in [4.69, 9.17) is 4.74 Å². The number of anilines is 1. The van der Waals surface area contributed by atoms with Gasteiger partial charge in [-0.15, -0.1) is 0 Å². The first-order chi connectivity index (χ1) is 14.0. The highest BCUT2D eigenvalue weighted by molar-refractivity contribution is 7.92. The summed E-state index contributed by atoms with van der Waals surface area (Å²) in [6.45, 7) is 3.88. The van der Waals surface area contributed by atoms with Crippen LogP contribution in [0.4, 0.5) is 5.69 Å². The number of ether oxygens (including phenoxy) is 1. The van der Waals surface area contributed by atoms with Gasteiger partial charge in [-0.3, -0.25) is 9.52 Å². The number of amides is 1. The molecule has 3 rings (SSSR count). The first-order valence-electron chi connectivity index (χ1n) is 10.1. The summed E-state index contributed by atoms with van der Waals surface area (Å²) in [7, 11) is -3.80. The van der Waals surface area contributed by atoms with Crippen molar-refractivity contribution in [1.82, 2.24) is 4.90 Å². The van der Waals surface area contributed by atoms with E-state index in [1.54, 1.807) is 36.4 Å². The molecule has 0 aliphatic carbocycles. The minimum atomic E-state index is -3.80. The molecule has 1 aliphatic heterocycles. The van der Waals surface area contributed by atoms with E-state index < -0.39 is 10.0 Å². The number of hydrogen-bond donors (Lipinski definition) is 1. The molecule has 0 saturated carbocycles. The maximum absolute atomic E-state index is 12.9. The smallest absolute Gasteiger partial charge is 0.261 e. The molecule has 0 bridgehead atoms. The van der Waals surface area contributed by atoms with Crippen molar-refractivity contribution < 1.29 is 17.9 Å². The number of benzene rings is 2. The van der Waals surface area contributed by atoms with Gasteiger partial charge in [-0.2, -0.15) is 0 Å². The Balaban J connectivity index is 1.75. The van der Waals surface area contributed by atoms with Crippen molar-refractivity contribution in [2.75, 3.05) is 24.4 Å². The molecule has 1 heterocycles. The Hall–Kier alpha value is -2.54. The average Bonchev–Trinajstić information content (AvgIpc) is 2.69. The van der Waals surface area contributed by atoms with Crippen molar-refractivity contribution >= 4 is 21.6 Å². The summed E-state index contributed by atoms with van der Waals surface area (Å²) >= 11 is 0. The van der Waals surface area contributed by atoms with Crippen LogP contribution in [0.25, 0.3) is 0 Å². The number of nitrogens with one attached hydrogen (secondary N) is 1. The largest absolute Gasteiger partial charge is 0.494 e. The molecule has 1 saturated heterocycles. The van der Waals surface area contributed by atoms with Gasteiger partial charge in [-0.05, 0) is 62.2 Å². The van der Waals surface area contributed by atoms with Crippen LogP contribution in [0.2, 0.25) is 0 Å². The standard InChI is InChI=1S/C22H28N2O4S/c1-2-28-20-13-11-19(12-14-20)23-29(26,27)21-10-8-9-18(17-21)22(25)24-15-6-4-3-5-7-16-24/h8-14,17,23H,2-7,15-16H2,1H3. The lowest BCUT2D eigenvalue weighted by molar-refractivity contribution is 0.0742. The Morgan fingerprint density at radius 1 is 1.00 bits per heavy atom. The molecule has 1 aliphatic rings. The Labute approximate surface area is 172 Å². The van der Waals surface area contributed by atoms with Gasteiger partial charge in [0.2, 0.25) is 0 Å². The normalized spacial score (nSPS) is 15.3. The number of hydrogen-bond acceptors (Lipinski definition) is 4. The lowest BCUT2D eigenvalue weighted by Crippen LogP contribution is -2.33. The van der Waals surface area contributed by atoms with E-state index in [0.717, 1.165) is 38.8 Å². The molecule has 2 aromatic carbocycles. The van der Waals surface area contributed by atoms with Crippen molar-refractivity contribution in [1.29, 1.82) is 0 Å². The Bertz CT molecular complexity index is 918. The molecular weight excluding hydrogens is 388 g/mol. The summed E-state index contributed by atoms with van der Waals surface area (Å²) in [6.07, 6.45) is 5.45. The molecule has 6 nitrogen and oxygen atoms in total. The number of likely N-dealkylation sites (tertiary alicyclic amines) is 1. The number of rotatable bonds is 6. The van der Waals surface area contributed by atoms with Gasteiger partial charge in [0.05, 0.1) is 11.5 Å². The zero-order valence-corrected chi connectivity index (χ0v) is 17.6. The van der Waals surface area contributed by atoms with Gasteiger partial charge in [0.25, 0.3) is 15.9 Å². The van der Waals surface area contributed by atoms with E-state index >= 15 is 0 Å². The highest BCUT2D eigenvalue weighted by Crippen LogP contribution is 2.21. The minimum absolute atomic E-state index is 0.0734. The van der Waals surface area contributed by atoms with Crippen molar-refractivity contribution in [2.45, 2.75) is 43.9 Å². The van der Waals surface area contributed by atoms with Gasteiger partial charge in [-0.25, -0.2) is 8.42 Å². The molecule has 0 radical (unpaired) electrons. The lowest BCUT2D eigenvalue weighted by atomic mass is 10.1. The molecule has 1 amide bonds. The van der Waals surface area contributed by atoms with E-state index in [2.05, 4.69) is 4.72 Å². The second-order valence-corrected chi connectivity index (χ2v) is 8.83. The molecule has 29 heavy (non-hydrogen) atoms. The van der Waals surface area contributed by atoms with Crippen molar-refractivity contribution in [2.24, 2.45) is 0 Å². The van der Waals surface area contributed by atoms with E-state index in [9.17, 15) is 13.2 Å². The number of nitrogens with zero attached hydrogens (tertiary/aromatic N) is 1. The quantitative estimate of drug-likeness (QED) is 0.762. The van der Waals surface area contributed by atoms with Crippen LogP contribution < -0.4 is 9.46 Å². The maximum atomic E-state index is 12.9. The van der Waals surface area contributed by atoms with Crippen LogP contribution in [0.1, 0.15) is 49.4 Å². The average molecular weight is 417 g/mol. The van der Waals surface area contributed by atoms with Crippen LogP contribution in [0.3, 0.4) is 0 Å². The van der Waals surface area contributed by atoms with Gasteiger partial charge in [0.15, 0.2) is 0 Å². The van der Waals surface area contributed by atoms with Crippen molar-refractivity contribution in [3.63, 3.8) is 0 Å². The minimum Gasteiger partial charge on any atom is -0.494 e. The fourth-order valence-electron chi connectivity index (χ4n) is 3.43. The van der Waals surface area contributed by atoms with Gasteiger partial charge in [0.1, 0.15) is 5.75 Å². The monoisotopic (exact) mass is 416 g/mol. The summed E-state index contributed by atoms with van der Waals surface area (Å²) in [5, 5.41) is 0. The topological polar surface area (TPSA) is 75.7 Å². The third kappa shape index (κ3) is 5.73. The Morgan fingerprint density at radius 3 is 2.31 bits per heavy atom. The first-order valence-corrected chi connectivity index (χ1v) is 11.6. The summed E-state index contributed by atoms with van der Waals surface area (Å²) in [5.41, 5.74) is 0.842. The zero-order valence-electron chi connectivity index (χ0n) is 16.8. The molecule has 0 aromatic heterocycles. The van der Waals surface area contributed by atoms with E-state index in [-0.39, 0.29) is 10.8 Å². The van der Waals surface area contributed by atoms with Crippen LogP contribution in [0, 0.1) is 0 Å². The molecule has 156 valence electrons. The first kappa shape index (κ1) is 21.2. The fourth-order valence-corrected chi connectivity index (χ4v) is 4.53. The van der Waals surface area contributed by atoms with Crippen LogP contribution in [0.15, 0.2) is 53.4 Å². The second-order valence-electron chi connectivity index (χ2n) is 7.15. The third-order valence-electron chi connectivity index (χ3n) is 4.95. The predicted molar refractivity (Wildman–Crippen MR) is 114 cm³/mol. The van der Waals surface area contributed by atoms with E-state index in [0.29, 0.717) is 23.6 Å². The van der Waals surface area contributed by atoms with Crippen LogP contribution in [-0.4, -0.2) is 38.9 Å². The molecule has 0 atom stereocenters. The molecule has 1 N–H and O–H groups in total. The zero-order chi connectivity index (χ0) is 20.7. The maximum Gasteiger partial charge on any atom is 0.261 e. The van der Waals surface area contributed by atoms with E-state index in [1.165, 1.54) is 18.6 Å². The van der Waals surface area contributed by atoms with Crippen LogP contribution in [-0.2, 0) is 10.0 Å². The highest BCUT2D eigenvalue weighted by atomic mass is 32.2. The van der Waals surface area contributed by atoms with Gasteiger partial charge in [-0.1, -0.05) is 25.3 Å². The SMILES string of the molecule is CCOc1ccc(NS(=O)(=O)c2cccc(C(=O)N3CCCCCCC3)c2)cc1. The molecular formula is C22H28N2O4S. The van der Waals surface area contributed by atoms with Crippen LogP contribution >= 0.6 is 0 Å². The number of carbonyl (C=O) groups is 1. The van der Waals surface area contributed by atoms with Crippen molar-refractivity contribution in [3.05, 3.63) is 54.1 Å². The lowest BCUT2D eigenvalue weighted by Gasteiger charge is -2.25. The molecule has 2 aromatic rings. The second kappa shape index (κ2) is 9.78. The summed E-state index contributed by atoms with van der Waals surface area (Å²) in [4.78, 5) is 14.8. The molecule has 0 unspecified atom stereocenters. The predicted octanol–water partition coefficient (Wildman–Crippen LogP) is 4.29. The van der Waals surface area contributed by atoms with E-state index in [1.807, 2.05) is 11.8 Å². The molecule has 0 spiro atoms. The molecule has 1 fully saturated rings. The Kier molecular flexibility index (Phi) is 7.14. The van der Waals surface area contributed by atoms with Crippen LogP contribution in [0.5, 0.6) is 5.75 Å². The Morgan fingerprint density at radius 2 is 1.66 bits per heavy atom. The van der Waals surface area contributed by atoms with Gasteiger partial charge < -0.3 is 9.64 Å². The summed E-state index contributed by atoms with van der Waals surface area (Å²) in [5.74, 6) is 0.571. The van der Waals surface area contributed by atoms with Crippen molar-refractivity contribution in [3.8, 4) is 5.75 Å². The van der Waals surface area contributed by atoms with Gasteiger partial charge in [0, 0.05) is 24.3 Å². The molecule has 7 heteroatoms. The number of sulfonamides is 1. The van der Waals surface area contributed by atoms with Gasteiger partial charge >= 0.3 is 0 Å². The third-order valence-corrected chi connectivity index (χ3v) is 6.33. The summed E-state index contributed by atoms with van der Waals surface area (Å²) < 4.78 is 33.5. The number of carbonyl (C=O) groups excluding carboxylic acids is 1.